The van der Waals surface area contributed by atoms with Crippen molar-refractivity contribution in [3.8, 4) is 0 Å². The summed E-state index contributed by atoms with van der Waals surface area (Å²) in [4.78, 5) is 6.15. The van der Waals surface area contributed by atoms with Gasteiger partial charge >= 0.3 is 0 Å². The first kappa shape index (κ1) is 22.8. The van der Waals surface area contributed by atoms with Crippen LogP contribution in [0.2, 0.25) is 0 Å². The van der Waals surface area contributed by atoms with Gasteiger partial charge in [0.15, 0.2) is 5.96 Å². The molecule has 0 saturated carbocycles. The first-order chi connectivity index (χ1) is 13.7. The van der Waals surface area contributed by atoms with Gasteiger partial charge in [-0.05, 0) is 59.1 Å². The Morgan fingerprint density at radius 1 is 1.21 bits per heavy atom. The van der Waals surface area contributed by atoms with Crippen LogP contribution in [0.25, 0.3) is 0 Å². The highest BCUT2D eigenvalue weighted by Crippen LogP contribution is 2.24. The maximum Gasteiger partial charge on any atom is 0.191 e. The van der Waals surface area contributed by atoms with E-state index in [9.17, 15) is 13.9 Å². The van der Waals surface area contributed by atoms with Gasteiger partial charge in [-0.2, -0.15) is 0 Å². The van der Waals surface area contributed by atoms with Crippen LogP contribution in [-0.2, 0) is 5.60 Å². The zero-order chi connectivity index (χ0) is 21.6. The summed E-state index contributed by atoms with van der Waals surface area (Å²) in [5, 5.41) is 16.9. The third-order valence-corrected chi connectivity index (χ3v) is 4.58. The van der Waals surface area contributed by atoms with E-state index in [1.54, 1.807) is 45.0 Å². The van der Waals surface area contributed by atoms with Gasteiger partial charge in [0.2, 0.25) is 0 Å². The van der Waals surface area contributed by atoms with Crippen LogP contribution in [-0.4, -0.2) is 49.7 Å². The third kappa shape index (κ3) is 6.01. The monoisotopic (exact) mass is 408 g/mol. The topological polar surface area (TPSA) is 73.0 Å². The van der Waals surface area contributed by atoms with E-state index in [0.29, 0.717) is 24.0 Å². The van der Waals surface area contributed by atoms with Gasteiger partial charge in [-0.15, -0.1) is 0 Å². The van der Waals surface area contributed by atoms with E-state index in [1.165, 1.54) is 18.2 Å². The fourth-order valence-electron chi connectivity index (χ4n) is 2.94. The van der Waals surface area contributed by atoms with Crippen LogP contribution < -0.4 is 10.6 Å². The number of aryl methyl sites for hydroxylation is 1. The Kier molecular flexibility index (Phi) is 7.75. The van der Waals surface area contributed by atoms with Gasteiger partial charge in [0.25, 0.3) is 0 Å². The zero-order valence-corrected chi connectivity index (χ0v) is 17.6. The van der Waals surface area contributed by atoms with Crippen LogP contribution in [0.5, 0.6) is 0 Å². The highest BCUT2D eigenvalue weighted by Gasteiger charge is 2.27. The van der Waals surface area contributed by atoms with E-state index in [-0.39, 0.29) is 18.7 Å². The molecule has 0 bridgehead atoms. The van der Waals surface area contributed by atoms with Gasteiger partial charge in [0, 0.05) is 18.7 Å². The van der Waals surface area contributed by atoms with E-state index >= 15 is 0 Å². The Labute approximate surface area is 170 Å². The molecule has 0 aliphatic heterocycles. The van der Waals surface area contributed by atoms with Gasteiger partial charge in [-0.25, -0.2) is 13.8 Å². The number of rotatable bonds is 8. The van der Waals surface area contributed by atoms with Crippen molar-refractivity contribution in [2.24, 2.45) is 4.99 Å². The molecular formula is C21H30F2N4O2. The molecule has 2 unspecified atom stereocenters. The molecule has 8 heteroatoms. The standard InChI is InChI=1S/C21H30F2N4O2/c1-6-24-20(26-13-21(3,28)18-11-10-14(2)29-18)25-12-17(27(4)5)19-15(22)8-7-9-16(19)23/h7-11,17,28H,6,12-13H2,1-5H3,(H2,24,25,26). The van der Waals surface area contributed by atoms with Crippen molar-refractivity contribution in [3.63, 3.8) is 0 Å². The molecular weight excluding hydrogens is 378 g/mol. The molecule has 1 aromatic carbocycles. The molecule has 0 fully saturated rings. The highest BCUT2D eigenvalue weighted by atomic mass is 19.1. The van der Waals surface area contributed by atoms with Crippen LogP contribution in [0.1, 0.15) is 37.0 Å². The minimum atomic E-state index is -1.28. The van der Waals surface area contributed by atoms with Crippen molar-refractivity contribution in [1.82, 2.24) is 15.5 Å². The number of benzene rings is 1. The normalized spacial score (nSPS) is 15.3. The summed E-state index contributed by atoms with van der Waals surface area (Å²) in [5.41, 5.74) is -1.28. The number of hydrogen-bond donors (Lipinski definition) is 3. The second kappa shape index (κ2) is 9.84. The molecule has 0 amide bonds. The number of likely N-dealkylation sites (N-methyl/N-ethyl adjacent to an activating group) is 1. The summed E-state index contributed by atoms with van der Waals surface area (Å²) < 4.78 is 34.0. The molecule has 0 aliphatic carbocycles. The maximum atomic E-state index is 14.2. The molecule has 0 saturated heterocycles. The van der Waals surface area contributed by atoms with Crippen LogP contribution >= 0.6 is 0 Å². The lowest BCUT2D eigenvalue weighted by Crippen LogP contribution is -2.43. The van der Waals surface area contributed by atoms with E-state index < -0.39 is 23.3 Å². The first-order valence-electron chi connectivity index (χ1n) is 9.57. The Morgan fingerprint density at radius 3 is 2.38 bits per heavy atom. The minimum absolute atomic E-state index is 0.00101. The number of nitrogens with one attached hydrogen (secondary N) is 2. The number of aliphatic hydroxyl groups is 1. The predicted octanol–water partition coefficient (Wildman–Crippen LogP) is 2.93. The van der Waals surface area contributed by atoms with Crippen LogP contribution in [0, 0.1) is 18.6 Å². The lowest BCUT2D eigenvalue weighted by molar-refractivity contribution is 0.0428. The summed E-state index contributed by atoms with van der Waals surface area (Å²) in [6.45, 7) is 6.20. The average molecular weight is 408 g/mol. The summed E-state index contributed by atoms with van der Waals surface area (Å²) in [6, 6.07) is 6.79. The number of halogens is 2. The smallest absolute Gasteiger partial charge is 0.191 e. The Balaban J connectivity index is 2.15. The number of aliphatic imine (C=N–C) groups is 1. The van der Waals surface area contributed by atoms with Crippen molar-refractivity contribution in [2.45, 2.75) is 32.4 Å². The second-order valence-electron chi connectivity index (χ2n) is 7.37. The zero-order valence-electron chi connectivity index (χ0n) is 17.6. The molecule has 0 spiro atoms. The van der Waals surface area contributed by atoms with E-state index in [2.05, 4.69) is 15.6 Å². The SMILES string of the molecule is CCNC(=NCC(C)(O)c1ccc(C)o1)NCC(c1c(F)cccc1F)N(C)C. The van der Waals surface area contributed by atoms with Crippen molar-refractivity contribution in [1.29, 1.82) is 0 Å². The molecule has 0 radical (unpaired) electrons. The largest absolute Gasteiger partial charge is 0.463 e. The molecule has 3 N–H and O–H groups in total. The lowest BCUT2D eigenvalue weighted by Gasteiger charge is -2.27. The molecule has 6 nitrogen and oxygen atoms in total. The molecule has 29 heavy (non-hydrogen) atoms. The molecule has 0 aliphatic rings. The van der Waals surface area contributed by atoms with Crippen molar-refractivity contribution < 1.29 is 18.3 Å². The number of furan rings is 1. The Hall–Kier alpha value is -2.45. The van der Waals surface area contributed by atoms with Crippen LogP contribution in [0.15, 0.2) is 39.7 Å². The molecule has 2 atom stereocenters. The Bertz CT molecular complexity index is 814. The van der Waals surface area contributed by atoms with Gasteiger partial charge in [-0.1, -0.05) is 6.07 Å². The predicted molar refractivity (Wildman–Crippen MR) is 110 cm³/mol. The first-order valence-corrected chi connectivity index (χ1v) is 9.57. The fraction of sp³-hybridized carbons (Fsp3) is 0.476. The van der Waals surface area contributed by atoms with Crippen LogP contribution in [0.3, 0.4) is 0 Å². The highest BCUT2D eigenvalue weighted by molar-refractivity contribution is 5.79. The Morgan fingerprint density at radius 2 is 1.86 bits per heavy atom. The fourth-order valence-corrected chi connectivity index (χ4v) is 2.94. The van der Waals surface area contributed by atoms with E-state index in [1.807, 2.05) is 6.92 Å². The van der Waals surface area contributed by atoms with Gasteiger partial charge in [-0.3, -0.25) is 0 Å². The second-order valence-corrected chi connectivity index (χ2v) is 7.37. The molecule has 1 aromatic heterocycles. The molecule has 2 aromatic rings. The number of guanidine groups is 1. The summed E-state index contributed by atoms with van der Waals surface area (Å²) in [6.07, 6.45) is 0. The van der Waals surface area contributed by atoms with Gasteiger partial charge in [0.05, 0.1) is 12.6 Å². The van der Waals surface area contributed by atoms with E-state index in [0.717, 1.165) is 0 Å². The number of nitrogens with zero attached hydrogens (tertiary/aromatic N) is 2. The summed E-state index contributed by atoms with van der Waals surface area (Å²) in [5.74, 6) is 0.371. The van der Waals surface area contributed by atoms with Gasteiger partial charge < -0.3 is 25.1 Å². The van der Waals surface area contributed by atoms with Gasteiger partial charge in [0.1, 0.15) is 28.8 Å². The summed E-state index contributed by atoms with van der Waals surface area (Å²) >= 11 is 0. The average Bonchev–Trinajstić information content (AvgIpc) is 3.09. The molecule has 1 heterocycles. The summed E-state index contributed by atoms with van der Waals surface area (Å²) in [7, 11) is 3.51. The van der Waals surface area contributed by atoms with Crippen LogP contribution in [0.4, 0.5) is 8.78 Å². The number of hydrogen-bond acceptors (Lipinski definition) is 4. The molecule has 160 valence electrons. The van der Waals surface area contributed by atoms with Crippen molar-refractivity contribution >= 4 is 5.96 Å². The van der Waals surface area contributed by atoms with Crippen molar-refractivity contribution in [2.75, 3.05) is 33.7 Å². The minimum Gasteiger partial charge on any atom is -0.463 e. The lowest BCUT2D eigenvalue weighted by atomic mass is 10.0. The maximum absolute atomic E-state index is 14.2. The third-order valence-electron chi connectivity index (χ3n) is 4.58. The van der Waals surface area contributed by atoms with E-state index in [4.69, 9.17) is 4.42 Å². The van der Waals surface area contributed by atoms with Crippen molar-refractivity contribution in [3.05, 3.63) is 59.1 Å². The molecule has 2 rings (SSSR count). The quantitative estimate of drug-likeness (QED) is 0.463.